The third-order valence-electron chi connectivity index (χ3n) is 12.0. The monoisotopic (exact) mass is 796 g/mol. The Morgan fingerprint density at radius 2 is 0.934 bits per heavy atom. The van der Waals surface area contributed by atoms with E-state index < -0.39 is 5.63 Å². The molecule has 2 aromatic heterocycles. The third-order valence-corrected chi connectivity index (χ3v) is 12.0. The summed E-state index contributed by atoms with van der Waals surface area (Å²) in [6.07, 6.45) is 0. The van der Waals surface area contributed by atoms with Gasteiger partial charge in [0, 0.05) is 59.2 Å². The third kappa shape index (κ3) is 6.97. The van der Waals surface area contributed by atoms with Crippen molar-refractivity contribution < 1.29 is 8.83 Å². The van der Waals surface area contributed by atoms with Crippen LogP contribution in [0.4, 0.5) is 11.4 Å². The van der Waals surface area contributed by atoms with Crippen molar-refractivity contribution in [3.05, 3.63) is 165 Å². The first-order valence-electron chi connectivity index (χ1n) is 20.7. The molecule has 6 aromatic carbocycles. The summed E-state index contributed by atoms with van der Waals surface area (Å²) in [6, 6.07) is 51.0. The summed E-state index contributed by atoms with van der Waals surface area (Å²) in [5.41, 5.74) is 13.5. The van der Waals surface area contributed by atoms with Gasteiger partial charge in [-0.25, -0.2) is 14.5 Å². The molecular formula is C55H44N2O4. The van der Waals surface area contributed by atoms with Gasteiger partial charge in [-0.3, -0.25) is 0 Å². The first-order chi connectivity index (χ1) is 29.6. The van der Waals surface area contributed by atoms with E-state index in [1.165, 1.54) is 22.3 Å². The van der Waals surface area contributed by atoms with E-state index in [4.69, 9.17) is 8.83 Å². The highest BCUT2D eigenvalue weighted by Gasteiger charge is 2.35. The standard InChI is InChI=1S/C55H44N2O4/c1-7-25-57(26-8-2)44-22-18-42-32-46(54(59)61-52(42)34-44)40-16-12-14-36(28-40)38-20-24-50-48(30-38)47-29-37(19-23-49(47)55(50,5)6)35-13-11-15-39(27-35)45-31-41-17-21-43(56(9-3)10-4)33-51(41)60-53(45)58/h11-24,27-34H,9-10H2,1-6H3. The molecule has 0 aliphatic heterocycles. The fourth-order valence-electron chi connectivity index (χ4n) is 8.77. The molecule has 0 radical (unpaired) electrons. The van der Waals surface area contributed by atoms with Gasteiger partial charge in [-0.15, -0.1) is 0 Å². The van der Waals surface area contributed by atoms with Crippen molar-refractivity contribution in [1.29, 1.82) is 0 Å². The Morgan fingerprint density at radius 1 is 0.492 bits per heavy atom. The molecule has 298 valence electrons. The minimum absolute atomic E-state index is 0.201. The van der Waals surface area contributed by atoms with Crippen LogP contribution in [0.2, 0.25) is 0 Å². The molecule has 0 atom stereocenters. The molecule has 0 bridgehead atoms. The molecule has 1 aliphatic carbocycles. The number of benzene rings is 6. The Hall–Kier alpha value is -7.54. The van der Waals surface area contributed by atoms with Crippen LogP contribution in [0.5, 0.6) is 0 Å². The fraction of sp³-hybridized carbons (Fsp3) is 0.164. The van der Waals surface area contributed by atoms with E-state index in [0.29, 0.717) is 22.3 Å². The fourth-order valence-corrected chi connectivity index (χ4v) is 8.77. The quantitative estimate of drug-likeness (QED) is 0.0867. The molecule has 6 heteroatoms. The Kier molecular flexibility index (Phi) is 9.94. The SMILES string of the molecule is CC#CN(C#CC)c1ccc2cc(-c3cccc(-c4ccc5c(c4)-c4cc(-c6cccc(-c7cc8ccc(N(CC)CC)cc8oc7=O)c6)ccc4C5(C)C)c3)c(=O)oc2c1. The van der Waals surface area contributed by atoms with Gasteiger partial charge in [0.25, 0.3) is 0 Å². The molecule has 61 heavy (non-hydrogen) atoms. The number of nitrogens with zero attached hydrogens (tertiary/aromatic N) is 2. The average molecular weight is 797 g/mol. The van der Waals surface area contributed by atoms with E-state index in [-0.39, 0.29) is 11.0 Å². The molecule has 0 amide bonds. The van der Waals surface area contributed by atoms with Crippen LogP contribution in [0.15, 0.2) is 152 Å². The van der Waals surface area contributed by atoms with Gasteiger partial charge in [0.05, 0.1) is 16.8 Å². The van der Waals surface area contributed by atoms with Crippen LogP contribution >= 0.6 is 0 Å². The van der Waals surface area contributed by atoms with Crippen molar-refractivity contribution in [1.82, 2.24) is 0 Å². The smallest absolute Gasteiger partial charge is 0.344 e. The zero-order chi connectivity index (χ0) is 42.4. The van der Waals surface area contributed by atoms with Crippen molar-refractivity contribution in [3.8, 4) is 79.6 Å². The molecule has 0 fully saturated rings. The van der Waals surface area contributed by atoms with Crippen LogP contribution in [0, 0.1) is 23.9 Å². The molecular weight excluding hydrogens is 753 g/mol. The molecule has 0 unspecified atom stereocenters. The Balaban J connectivity index is 1.05. The van der Waals surface area contributed by atoms with Gasteiger partial charge in [-0.2, -0.15) is 0 Å². The van der Waals surface area contributed by atoms with E-state index >= 15 is 0 Å². The molecule has 0 saturated heterocycles. The summed E-state index contributed by atoms with van der Waals surface area (Å²) >= 11 is 0. The van der Waals surface area contributed by atoms with Gasteiger partial charge in [-0.1, -0.05) is 86.4 Å². The Labute approximate surface area is 355 Å². The summed E-state index contributed by atoms with van der Waals surface area (Å²) in [6.45, 7) is 14.0. The largest absolute Gasteiger partial charge is 0.422 e. The van der Waals surface area contributed by atoms with Gasteiger partial charge in [0.1, 0.15) is 11.2 Å². The predicted octanol–water partition coefficient (Wildman–Crippen LogP) is 12.5. The second kappa shape index (κ2) is 15.6. The molecule has 0 N–H and O–H groups in total. The summed E-state index contributed by atoms with van der Waals surface area (Å²) in [5.74, 6) is 5.76. The van der Waals surface area contributed by atoms with Crippen LogP contribution in [-0.4, -0.2) is 13.1 Å². The first-order valence-corrected chi connectivity index (χ1v) is 20.7. The average Bonchev–Trinajstić information content (AvgIpc) is 3.50. The maximum Gasteiger partial charge on any atom is 0.344 e. The molecule has 0 saturated carbocycles. The maximum atomic E-state index is 13.5. The van der Waals surface area contributed by atoms with Crippen molar-refractivity contribution in [2.75, 3.05) is 22.9 Å². The van der Waals surface area contributed by atoms with Gasteiger partial charge < -0.3 is 13.7 Å². The van der Waals surface area contributed by atoms with Crippen LogP contribution < -0.4 is 21.1 Å². The van der Waals surface area contributed by atoms with Crippen LogP contribution in [0.3, 0.4) is 0 Å². The number of hydrogen-bond donors (Lipinski definition) is 0. The highest BCUT2D eigenvalue weighted by Crippen LogP contribution is 2.51. The topological polar surface area (TPSA) is 66.9 Å². The first kappa shape index (κ1) is 38.9. The second-order valence-electron chi connectivity index (χ2n) is 15.9. The lowest BCUT2D eigenvalue weighted by atomic mass is 9.82. The molecule has 6 nitrogen and oxygen atoms in total. The van der Waals surface area contributed by atoms with E-state index in [1.54, 1.807) is 24.8 Å². The lowest BCUT2D eigenvalue weighted by Gasteiger charge is -2.21. The summed E-state index contributed by atoms with van der Waals surface area (Å²) < 4.78 is 11.8. The Bertz CT molecular complexity index is 3290. The zero-order valence-corrected chi connectivity index (χ0v) is 35.1. The lowest BCUT2D eigenvalue weighted by Crippen LogP contribution is -2.21. The number of fused-ring (bicyclic) bond motifs is 5. The highest BCUT2D eigenvalue weighted by atomic mass is 16.4. The van der Waals surface area contributed by atoms with Gasteiger partial charge in [-0.05, 0) is 144 Å². The van der Waals surface area contributed by atoms with Crippen molar-refractivity contribution >= 4 is 33.3 Å². The predicted molar refractivity (Wildman–Crippen MR) is 251 cm³/mol. The van der Waals surface area contributed by atoms with E-state index in [1.807, 2.05) is 60.7 Å². The molecule has 1 aliphatic rings. The normalized spacial score (nSPS) is 12.2. The van der Waals surface area contributed by atoms with Crippen LogP contribution in [0.1, 0.15) is 52.7 Å². The maximum absolute atomic E-state index is 13.5. The minimum atomic E-state index is -0.413. The van der Waals surface area contributed by atoms with Gasteiger partial charge in [0.15, 0.2) is 0 Å². The minimum Gasteiger partial charge on any atom is -0.422 e. The summed E-state index contributed by atoms with van der Waals surface area (Å²) in [7, 11) is 0. The summed E-state index contributed by atoms with van der Waals surface area (Å²) in [4.78, 5) is 30.8. The number of hydrogen-bond acceptors (Lipinski definition) is 6. The van der Waals surface area contributed by atoms with E-state index in [0.717, 1.165) is 68.6 Å². The van der Waals surface area contributed by atoms with Gasteiger partial charge >= 0.3 is 11.3 Å². The van der Waals surface area contributed by atoms with E-state index in [2.05, 4.69) is 123 Å². The van der Waals surface area contributed by atoms with Crippen molar-refractivity contribution in [2.45, 2.75) is 47.0 Å². The summed E-state index contributed by atoms with van der Waals surface area (Å²) in [5, 5.41) is 1.69. The molecule has 2 heterocycles. The van der Waals surface area contributed by atoms with E-state index in [9.17, 15) is 9.59 Å². The van der Waals surface area contributed by atoms with Crippen LogP contribution in [-0.2, 0) is 5.41 Å². The van der Waals surface area contributed by atoms with Gasteiger partial charge in [0.2, 0.25) is 0 Å². The molecule has 8 aromatic rings. The number of anilines is 2. The van der Waals surface area contributed by atoms with Crippen molar-refractivity contribution in [2.24, 2.45) is 0 Å². The zero-order valence-electron chi connectivity index (χ0n) is 35.1. The lowest BCUT2D eigenvalue weighted by molar-refractivity contribution is 0.563. The van der Waals surface area contributed by atoms with Crippen LogP contribution in [0.25, 0.3) is 77.6 Å². The van der Waals surface area contributed by atoms with Crippen molar-refractivity contribution in [3.63, 3.8) is 0 Å². The highest BCUT2D eigenvalue weighted by molar-refractivity contribution is 5.90. The molecule has 0 spiro atoms. The Morgan fingerprint density at radius 3 is 1.41 bits per heavy atom. The second-order valence-corrected chi connectivity index (χ2v) is 15.9. The molecule has 9 rings (SSSR count). The number of rotatable bonds is 8.